The first-order valence-electron chi connectivity index (χ1n) is 13.7. The first-order chi connectivity index (χ1) is 20.1. The Morgan fingerprint density at radius 2 is 1.74 bits per heavy atom. The lowest BCUT2D eigenvalue weighted by Gasteiger charge is -2.44. The van der Waals surface area contributed by atoms with Crippen LogP contribution in [0, 0.1) is 6.92 Å². The zero-order chi connectivity index (χ0) is 31.7. The molecule has 15 heteroatoms. The van der Waals surface area contributed by atoms with Crippen LogP contribution in [-0.4, -0.2) is 50.2 Å². The standard InChI is InChI=1S/C28H32F6N6O3/c1-5-21-14-24(22-10-17(4)6-7-23(22)40(21)26(42)43-16(2)3)38(25-35-37-39(36-25)8-9-41)15-18-11-19(27(29,30)31)13-20(12-18)28(32,33)34/h6-7,10-13,16,21,24,41H,5,8-9,14-15H2,1-4H3/t21-,24+/m1/s1. The van der Waals surface area contributed by atoms with Crippen molar-refractivity contribution in [1.82, 2.24) is 20.2 Å². The van der Waals surface area contributed by atoms with Crippen LogP contribution < -0.4 is 9.80 Å². The van der Waals surface area contributed by atoms with Crippen LogP contribution in [0.1, 0.15) is 67.5 Å². The number of hydrogen-bond donors (Lipinski definition) is 1. The van der Waals surface area contributed by atoms with Crippen molar-refractivity contribution in [1.29, 1.82) is 0 Å². The Morgan fingerprint density at radius 1 is 1.09 bits per heavy atom. The van der Waals surface area contributed by atoms with Gasteiger partial charge in [-0.15, -0.1) is 5.10 Å². The molecule has 1 aliphatic heterocycles. The lowest BCUT2D eigenvalue weighted by Crippen LogP contribution is -2.48. The number of ether oxygens (including phenoxy) is 1. The Bertz CT molecular complexity index is 1410. The van der Waals surface area contributed by atoms with Gasteiger partial charge in [0.05, 0.1) is 42.1 Å². The second kappa shape index (κ2) is 12.4. The first kappa shape index (κ1) is 32.0. The topological polar surface area (TPSA) is 96.6 Å². The molecule has 0 aliphatic carbocycles. The van der Waals surface area contributed by atoms with Crippen LogP contribution in [0.3, 0.4) is 0 Å². The monoisotopic (exact) mass is 614 g/mol. The quantitative estimate of drug-likeness (QED) is 0.298. The number of tetrazole rings is 1. The van der Waals surface area contributed by atoms with Gasteiger partial charge in [-0.25, -0.2) is 4.79 Å². The van der Waals surface area contributed by atoms with Gasteiger partial charge in [0, 0.05) is 12.6 Å². The summed E-state index contributed by atoms with van der Waals surface area (Å²) in [6.07, 6.45) is -10.3. The van der Waals surface area contributed by atoms with Crippen molar-refractivity contribution in [2.24, 2.45) is 0 Å². The van der Waals surface area contributed by atoms with Crippen molar-refractivity contribution in [3.63, 3.8) is 0 Å². The number of hydrogen-bond acceptors (Lipinski definition) is 7. The minimum absolute atomic E-state index is 0.0324. The van der Waals surface area contributed by atoms with E-state index in [2.05, 4.69) is 15.4 Å². The van der Waals surface area contributed by atoms with Crippen LogP contribution >= 0.6 is 0 Å². The molecule has 1 aromatic heterocycles. The molecule has 1 aliphatic rings. The minimum Gasteiger partial charge on any atom is -0.446 e. The molecule has 2 aromatic carbocycles. The molecule has 0 fully saturated rings. The highest BCUT2D eigenvalue weighted by atomic mass is 19.4. The van der Waals surface area contributed by atoms with Crippen molar-refractivity contribution in [3.05, 3.63) is 64.2 Å². The molecule has 234 valence electrons. The maximum atomic E-state index is 13.7. The number of aliphatic hydroxyl groups excluding tert-OH is 1. The molecule has 9 nitrogen and oxygen atoms in total. The fourth-order valence-corrected chi connectivity index (χ4v) is 5.16. The maximum absolute atomic E-state index is 13.7. The van der Waals surface area contributed by atoms with Gasteiger partial charge in [-0.05, 0) is 74.2 Å². The smallest absolute Gasteiger partial charge is 0.416 e. The first-order valence-corrected chi connectivity index (χ1v) is 13.7. The zero-order valence-electron chi connectivity index (χ0n) is 23.9. The van der Waals surface area contributed by atoms with E-state index in [1.807, 2.05) is 13.8 Å². The summed E-state index contributed by atoms with van der Waals surface area (Å²) in [6.45, 7) is 6.32. The molecule has 0 spiro atoms. The third-order valence-electron chi connectivity index (χ3n) is 7.04. The molecular formula is C28H32F6N6O3. The second-order valence-electron chi connectivity index (χ2n) is 10.6. The van der Waals surface area contributed by atoms with Gasteiger partial charge in [0.15, 0.2) is 0 Å². The number of halogens is 6. The van der Waals surface area contributed by atoms with Crippen molar-refractivity contribution in [2.75, 3.05) is 16.4 Å². The summed E-state index contributed by atoms with van der Waals surface area (Å²) in [7, 11) is 0. The van der Waals surface area contributed by atoms with Gasteiger partial charge < -0.3 is 14.7 Å². The Kier molecular flexibility index (Phi) is 9.23. The summed E-state index contributed by atoms with van der Waals surface area (Å²) in [6, 6.07) is 5.64. The van der Waals surface area contributed by atoms with Gasteiger partial charge in [0.2, 0.25) is 0 Å². The number of aliphatic hydroxyl groups is 1. The van der Waals surface area contributed by atoms with Crippen LogP contribution in [-0.2, 0) is 30.2 Å². The van der Waals surface area contributed by atoms with Gasteiger partial charge in [0.25, 0.3) is 5.95 Å². The fourth-order valence-electron chi connectivity index (χ4n) is 5.16. The Hall–Kier alpha value is -3.88. The van der Waals surface area contributed by atoms with E-state index in [-0.39, 0.29) is 37.2 Å². The molecule has 1 N–H and O–H groups in total. The average Bonchev–Trinajstić information content (AvgIpc) is 3.38. The Morgan fingerprint density at radius 3 is 2.30 bits per heavy atom. The summed E-state index contributed by atoms with van der Waals surface area (Å²) in [5, 5.41) is 21.5. The molecular weight excluding hydrogens is 582 g/mol. The van der Waals surface area contributed by atoms with Crippen LogP contribution in [0.2, 0.25) is 0 Å². The predicted molar refractivity (Wildman–Crippen MR) is 144 cm³/mol. The Balaban J connectivity index is 1.89. The van der Waals surface area contributed by atoms with Gasteiger partial charge in [-0.3, -0.25) is 4.90 Å². The third kappa shape index (κ3) is 7.20. The number of carbonyl (C=O) groups is 1. The van der Waals surface area contributed by atoms with E-state index in [4.69, 9.17) is 4.74 Å². The minimum atomic E-state index is -5.03. The summed E-state index contributed by atoms with van der Waals surface area (Å²) >= 11 is 0. The molecule has 0 bridgehead atoms. The highest BCUT2D eigenvalue weighted by Crippen LogP contribution is 2.44. The van der Waals surface area contributed by atoms with Gasteiger partial charge in [-0.1, -0.05) is 29.7 Å². The molecule has 2 heterocycles. The SMILES string of the molecule is CC[C@@H]1C[C@H](N(Cc2cc(C(F)(F)F)cc(C(F)(F)F)c2)c2nnn(CCO)n2)c2cc(C)ccc2N1C(=O)OC(C)C. The number of rotatable bonds is 8. The maximum Gasteiger partial charge on any atom is 0.416 e. The summed E-state index contributed by atoms with van der Waals surface area (Å²) in [4.78, 5) is 17.3. The molecule has 0 unspecified atom stereocenters. The summed E-state index contributed by atoms with van der Waals surface area (Å²) in [5.41, 5.74) is -1.26. The lowest BCUT2D eigenvalue weighted by molar-refractivity contribution is -0.143. The number of carbonyl (C=O) groups excluding carboxylic acids is 1. The number of amides is 1. The van der Waals surface area contributed by atoms with Gasteiger partial charge in [0.1, 0.15) is 0 Å². The molecule has 4 rings (SSSR count). The normalized spacial score (nSPS) is 17.3. The molecule has 1 amide bonds. The number of nitrogens with zero attached hydrogens (tertiary/aromatic N) is 6. The van der Waals surface area contributed by atoms with E-state index < -0.39 is 54.3 Å². The van der Waals surface area contributed by atoms with E-state index in [1.165, 1.54) is 9.80 Å². The zero-order valence-corrected chi connectivity index (χ0v) is 23.9. The summed E-state index contributed by atoms with van der Waals surface area (Å²) in [5.74, 6) is -0.0649. The van der Waals surface area contributed by atoms with E-state index >= 15 is 0 Å². The number of aromatic nitrogens is 4. The second-order valence-corrected chi connectivity index (χ2v) is 10.6. The van der Waals surface area contributed by atoms with Gasteiger partial charge in [-0.2, -0.15) is 31.1 Å². The third-order valence-corrected chi connectivity index (χ3v) is 7.04. The fraction of sp³-hybridized carbons (Fsp3) is 0.500. The number of alkyl halides is 6. The van der Waals surface area contributed by atoms with Gasteiger partial charge >= 0.3 is 18.4 Å². The van der Waals surface area contributed by atoms with E-state index in [9.17, 15) is 36.2 Å². The van der Waals surface area contributed by atoms with Crippen LogP contribution in [0.15, 0.2) is 36.4 Å². The largest absolute Gasteiger partial charge is 0.446 e. The highest BCUT2D eigenvalue weighted by molar-refractivity contribution is 5.90. The summed E-state index contributed by atoms with van der Waals surface area (Å²) < 4.78 is 87.7. The molecule has 0 saturated heterocycles. The van der Waals surface area contributed by atoms with Crippen molar-refractivity contribution < 1.29 is 41.0 Å². The van der Waals surface area contributed by atoms with Crippen molar-refractivity contribution in [3.8, 4) is 0 Å². The van der Waals surface area contributed by atoms with E-state index in [1.54, 1.807) is 32.0 Å². The predicted octanol–water partition coefficient (Wildman–Crippen LogP) is 6.29. The van der Waals surface area contributed by atoms with Crippen LogP contribution in [0.4, 0.5) is 42.8 Å². The number of fused-ring (bicyclic) bond motifs is 1. The average molecular weight is 615 g/mol. The van der Waals surface area contributed by atoms with E-state index in [0.29, 0.717) is 29.8 Å². The van der Waals surface area contributed by atoms with Crippen molar-refractivity contribution >= 4 is 17.7 Å². The number of benzene rings is 2. The van der Waals surface area contributed by atoms with Crippen LogP contribution in [0.25, 0.3) is 0 Å². The number of aryl methyl sites for hydroxylation is 1. The van der Waals surface area contributed by atoms with E-state index in [0.717, 1.165) is 10.4 Å². The molecule has 2 atom stereocenters. The highest BCUT2D eigenvalue weighted by Gasteiger charge is 2.41. The lowest BCUT2D eigenvalue weighted by atomic mass is 9.87. The number of anilines is 2. The van der Waals surface area contributed by atoms with Crippen LogP contribution in [0.5, 0.6) is 0 Å². The Labute approximate surface area is 244 Å². The van der Waals surface area contributed by atoms with Crippen molar-refractivity contribution in [2.45, 2.75) is 84.2 Å². The molecule has 0 saturated carbocycles. The molecule has 3 aromatic rings. The molecule has 0 radical (unpaired) electrons. The molecule has 43 heavy (non-hydrogen) atoms.